The van der Waals surface area contributed by atoms with Crippen molar-refractivity contribution >= 4 is 39.5 Å². The topological polar surface area (TPSA) is 237 Å². The first kappa shape index (κ1) is 92.5. The third-order valence-electron chi connectivity index (χ3n) is 16.1. The van der Waals surface area contributed by atoms with Crippen LogP contribution in [0.25, 0.3) is 0 Å². The Bertz CT molecular complexity index is 2110. The summed E-state index contributed by atoms with van der Waals surface area (Å²) in [6, 6.07) is 0. The molecule has 0 heterocycles. The minimum atomic E-state index is -4.97. The number of allylic oxidation sites excluding steroid dienone is 12. The molecule has 5 atom stereocenters. The lowest BCUT2D eigenvalue weighted by molar-refractivity contribution is -0.161. The largest absolute Gasteiger partial charge is 0.472 e. The average molecular weight is 1400 g/mol. The van der Waals surface area contributed by atoms with Gasteiger partial charge in [0.05, 0.1) is 26.4 Å². The Morgan fingerprint density at radius 2 is 0.562 bits per heavy atom. The maximum Gasteiger partial charge on any atom is 0.472 e. The van der Waals surface area contributed by atoms with Crippen molar-refractivity contribution in [3.63, 3.8) is 0 Å². The number of aliphatic hydroxyl groups is 1. The van der Waals surface area contributed by atoms with Crippen molar-refractivity contribution in [1.82, 2.24) is 0 Å². The molecule has 19 heteroatoms. The number of ether oxygens (including phenoxy) is 4. The summed E-state index contributed by atoms with van der Waals surface area (Å²) in [6.07, 6.45) is 68.9. The molecule has 0 aromatic heterocycles. The maximum atomic E-state index is 13.1. The van der Waals surface area contributed by atoms with Crippen molar-refractivity contribution in [2.45, 2.75) is 354 Å². The van der Waals surface area contributed by atoms with Crippen molar-refractivity contribution in [1.29, 1.82) is 0 Å². The number of carbonyl (C=O) groups excluding carboxylic acids is 4. The van der Waals surface area contributed by atoms with Gasteiger partial charge >= 0.3 is 39.5 Å². The van der Waals surface area contributed by atoms with Gasteiger partial charge in [-0.15, -0.1) is 0 Å². The number of phosphoric acid groups is 2. The summed E-state index contributed by atoms with van der Waals surface area (Å²) in [5.41, 5.74) is 0. The predicted octanol–water partition coefficient (Wildman–Crippen LogP) is 21.7. The molecule has 96 heavy (non-hydrogen) atoms. The molecule has 3 N–H and O–H groups in total. The van der Waals surface area contributed by atoms with Crippen LogP contribution in [0.5, 0.6) is 0 Å². The average Bonchev–Trinajstić information content (AvgIpc) is 1.14. The molecular weight excluding hydrogens is 1260 g/mol. The zero-order chi connectivity index (χ0) is 70.4. The first-order valence-electron chi connectivity index (χ1n) is 38.2. The fraction of sp³-hybridized carbons (Fsp3) is 0.792. The van der Waals surface area contributed by atoms with Crippen molar-refractivity contribution in [2.24, 2.45) is 0 Å². The highest BCUT2D eigenvalue weighted by Gasteiger charge is 2.30. The van der Waals surface area contributed by atoms with E-state index in [0.717, 1.165) is 161 Å². The van der Waals surface area contributed by atoms with Crippen LogP contribution in [0, 0.1) is 0 Å². The van der Waals surface area contributed by atoms with E-state index in [9.17, 15) is 43.2 Å². The van der Waals surface area contributed by atoms with Gasteiger partial charge in [0.25, 0.3) is 0 Å². The van der Waals surface area contributed by atoms with E-state index in [1.165, 1.54) is 96.3 Å². The molecule has 5 unspecified atom stereocenters. The zero-order valence-electron chi connectivity index (χ0n) is 60.8. The normalized spacial score (nSPS) is 14.4. The highest BCUT2D eigenvalue weighted by molar-refractivity contribution is 7.47. The van der Waals surface area contributed by atoms with E-state index in [4.69, 9.17) is 37.0 Å². The lowest BCUT2D eigenvalue weighted by atomic mass is 10.0. The minimum absolute atomic E-state index is 0.0825. The van der Waals surface area contributed by atoms with E-state index in [2.05, 4.69) is 101 Å². The van der Waals surface area contributed by atoms with E-state index in [1.807, 2.05) is 0 Å². The molecule has 0 fully saturated rings. The van der Waals surface area contributed by atoms with Crippen LogP contribution in [0.15, 0.2) is 72.9 Å². The molecule has 0 bridgehead atoms. The summed E-state index contributed by atoms with van der Waals surface area (Å²) in [5.74, 6) is -2.19. The number of hydrogen-bond donors (Lipinski definition) is 3. The second kappa shape index (κ2) is 70.0. The Balaban J connectivity index is 5.33. The molecular formula is C77H138O17P2. The molecule has 0 aromatic carbocycles. The summed E-state index contributed by atoms with van der Waals surface area (Å²) < 4.78 is 68.4. The van der Waals surface area contributed by atoms with Gasteiger partial charge in [-0.05, 0) is 109 Å². The van der Waals surface area contributed by atoms with Gasteiger partial charge in [-0.25, -0.2) is 9.13 Å². The molecule has 0 radical (unpaired) electrons. The molecule has 0 saturated carbocycles. The molecule has 0 amide bonds. The van der Waals surface area contributed by atoms with Gasteiger partial charge in [0.1, 0.15) is 19.3 Å². The Morgan fingerprint density at radius 3 is 0.896 bits per heavy atom. The molecule has 0 aliphatic rings. The van der Waals surface area contributed by atoms with Crippen molar-refractivity contribution in [3.8, 4) is 0 Å². The van der Waals surface area contributed by atoms with Crippen molar-refractivity contribution < 1.29 is 80.2 Å². The summed E-state index contributed by atoms with van der Waals surface area (Å²) in [7, 11) is -9.94. The Kier molecular flexibility index (Phi) is 67.4. The quantitative estimate of drug-likeness (QED) is 0.0169. The molecule has 0 aliphatic carbocycles. The van der Waals surface area contributed by atoms with Crippen LogP contribution < -0.4 is 0 Å². The Labute approximate surface area is 583 Å². The number of aliphatic hydroxyl groups excluding tert-OH is 1. The van der Waals surface area contributed by atoms with E-state index in [1.54, 1.807) is 0 Å². The van der Waals surface area contributed by atoms with Gasteiger partial charge in [0.2, 0.25) is 0 Å². The standard InChI is InChI=1S/C77H138O17P2/c1-5-9-13-17-21-25-29-33-35-39-41-45-49-53-57-61-74(79)87-67-72(93-76(81)63-59-55-51-47-43-37-31-27-23-19-15-11-7-3)69-91-95(83,84)89-65-71(78)66-90-96(85,86)92-70-73(94-77(82)64-60-56-52-48-44-38-32-28-24-20-16-12-8-4)68-88-75(80)62-58-54-50-46-42-40-36-34-30-26-22-18-14-10-6-2/h9,13,16,20-21,25,27-28,31-33,35,71-73,78H,5-8,10-12,14-15,17-19,22-24,26,29-30,34,36-70H2,1-4H3,(H,83,84)(H,85,86)/b13-9-,20-16-,25-21-,31-27-,32-28-,35-33-. The van der Waals surface area contributed by atoms with Crippen LogP contribution in [0.1, 0.15) is 336 Å². The van der Waals surface area contributed by atoms with Crippen LogP contribution >= 0.6 is 15.6 Å². The summed E-state index contributed by atoms with van der Waals surface area (Å²) in [6.45, 7) is 4.68. The van der Waals surface area contributed by atoms with Crippen LogP contribution in [-0.2, 0) is 65.4 Å². The molecule has 0 aliphatic heterocycles. The first-order chi connectivity index (χ1) is 46.7. The highest BCUT2D eigenvalue weighted by atomic mass is 31.2. The van der Waals surface area contributed by atoms with Gasteiger partial charge in [0.15, 0.2) is 12.2 Å². The lowest BCUT2D eigenvalue weighted by Crippen LogP contribution is -2.30. The molecule has 0 spiro atoms. The predicted molar refractivity (Wildman–Crippen MR) is 390 cm³/mol. The number of carbonyl (C=O) groups is 4. The van der Waals surface area contributed by atoms with Crippen LogP contribution in [0.4, 0.5) is 0 Å². The molecule has 558 valence electrons. The maximum absolute atomic E-state index is 13.1. The summed E-state index contributed by atoms with van der Waals surface area (Å²) in [5, 5.41) is 10.6. The smallest absolute Gasteiger partial charge is 0.462 e. The number of rotatable bonds is 72. The van der Waals surface area contributed by atoms with Crippen LogP contribution in [0.2, 0.25) is 0 Å². The minimum Gasteiger partial charge on any atom is -0.462 e. The summed E-state index contributed by atoms with van der Waals surface area (Å²) in [4.78, 5) is 72.8. The number of phosphoric ester groups is 2. The SMILES string of the molecule is CC/C=C\C/C=C\C/C=C\CCCCCCCC(=O)OCC(COP(=O)(O)OCC(O)COP(=O)(O)OCC(COC(=O)CCCCCCCCCCCCCCCCC)OC(=O)CCCCCCC/C=C\C/C=C\CCC)OC(=O)CCCCCCC/C=C\CCCCCC. The summed E-state index contributed by atoms with van der Waals surface area (Å²) >= 11 is 0. The van der Waals surface area contributed by atoms with Crippen molar-refractivity contribution in [3.05, 3.63) is 72.9 Å². The molecule has 0 rings (SSSR count). The second-order valence-corrected chi connectivity index (χ2v) is 28.5. The Hall–Kier alpha value is -3.50. The van der Waals surface area contributed by atoms with E-state index >= 15 is 0 Å². The number of esters is 4. The molecule has 17 nitrogen and oxygen atoms in total. The van der Waals surface area contributed by atoms with E-state index < -0.39 is 97.5 Å². The van der Waals surface area contributed by atoms with Crippen LogP contribution in [-0.4, -0.2) is 96.7 Å². The molecule has 0 saturated heterocycles. The van der Waals surface area contributed by atoms with Gasteiger partial charge in [-0.2, -0.15) is 0 Å². The van der Waals surface area contributed by atoms with Gasteiger partial charge in [0, 0.05) is 25.7 Å². The third-order valence-corrected chi connectivity index (χ3v) is 18.0. The van der Waals surface area contributed by atoms with Gasteiger partial charge in [-0.1, -0.05) is 274 Å². The van der Waals surface area contributed by atoms with E-state index in [-0.39, 0.29) is 25.7 Å². The fourth-order valence-electron chi connectivity index (χ4n) is 10.3. The molecule has 0 aromatic rings. The third kappa shape index (κ3) is 69.0. The lowest BCUT2D eigenvalue weighted by Gasteiger charge is -2.21. The number of hydrogen-bond acceptors (Lipinski definition) is 15. The highest BCUT2D eigenvalue weighted by Crippen LogP contribution is 2.45. The number of unbranched alkanes of at least 4 members (excludes halogenated alkanes) is 34. The van der Waals surface area contributed by atoms with Gasteiger partial charge < -0.3 is 33.8 Å². The Morgan fingerprint density at radius 1 is 0.302 bits per heavy atom. The van der Waals surface area contributed by atoms with Crippen molar-refractivity contribution in [2.75, 3.05) is 39.6 Å². The zero-order valence-corrected chi connectivity index (χ0v) is 62.6. The van der Waals surface area contributed by atoms with E-state index in [0.29, 0.717) is 25.7 Å². The first-order valence-corrected chi connectivity index (χ1v) is 41.2. The van der Waals surface area contributed by atoms with Crippen LogP contribution in [0.3, 0.4) is 0 Å². The monoisotopic (exact) mass is 1400 g/mol. The second-order valence-electron chi connectivity index (χ2n) is 25.6. The van der Waals surface area contributed by atoms with Gasteiger partial charge in [-0.3, -0.25) is 37.3 Å². The fourth-order valence-corrected chi connectivity index (χ4v) is 11.9.